The third kappa shape index (κ3) is 5.54. The van der Waals surface area contributed by atoms with Gasteiger partial charge in [-0.15, -0.1) is 11.6 Å². The van der Waals surface area contributed by atoms with Crippen molar-refractivity contribution in [3.8, 4) is 11.5 Å². The Hall–Kier alpha value is -1.92. The summed E-state index contributed by atoms with van der Waals surface area (Å²) in [4.78, 5) is 0. The van der Waals surface area contributed by atoms with E-state index in [0.29, 0.717) is 11.5 Å². The largest absolute Gasteiger partial charge is 0.494 e. The molecule has 0 aliphatic rings. The van der Waals surface area contributed by atoms with Crippen LogP contribution in [0.3, 0.4) is 0 Å². The number of hydrogen-bond acceptors (Lipinski definition) is 3. The van der Waals surface area contributed by atoms with Crippen molar-refractivity contribution in [2.45, 2.75) is 18.4 Å². The van der Waals surface area contributed by atoms with Gasteiger partial charge >= 0.3 is 0 Å². The van der Waals surface area contributed by atoms with Crippen molar-refractivity contribution in [3.63, 3.8) is 0 Å². The van der Waals surface area contributed by atoms with E-state index in [9.17, 15) is 18.3 Å². The number of hydrogen-bond donors (Lipinski definition) is 1. The predicted octanol–water partition coefficient (Wildman–Crippen LogP) is 4.54. The van der Waals surface area contributed by atoms with Crippen LogP contribution >= 0.6 is 11.6 Å². The van der Waals surface area contributed by atoms with Crippen LogP contribution in [-0.4, -0.2) is 37.0 Å². The summed E-state index contributed by atoms with van der Waals surface area (Å²) >= 11 is 5.46. The number of benzene rings is 2. The summed E-state index contributed by atoms with van der Waals surface area (Å²) in [6.45, 7) is -0.296. The van der Waals surface area contributed by atoms with Crippen molar-refractivity contribution < 1.29 is 27.8 Å². The van der Waals surface area contributed by atoms with Gasteiger partial charge in [0.1, 0.15) is 24.2 Å². The van der Waals surface area contributed by atoms with Gasteiger partial charge in [0.25, 0.3) is 5.92 Å². The Kier molecular flexibility index (Phi) is 7.60. The molecule has 3 nitrogen and oxygen atoms in total. The van der Waals surface area contributed by atoms with Crippen molar-refractivity contribution in [2.24, 2.45) is 0 Å². The second-order valence-electron chi connectivity index (χ2n) is 5.63. The van der Waals surface area contributed by atoms with Gasteiger partial charge in [-0.3, -0.25) is 4.39 Å². The lowest BCUT2D eigenvalue weighted by Gasteiger charge is -2.18. The predicted molar refractivity (Wildman–Crippen MR) is 94.2 cm³/mol. The zero-order chi connectivity index (χ0) is 19.0. The standard InChI is InChI=1S/C19H20ClF3O3/c20-12-16(24)13-26-18-8-4-15(5-9-18)19(22,23)14-2-6-17(7-3-14)25-11-1-10-21/h2-9,16,24H,1,10-13H2/i21-1. The molecule has 0 amide bonds. The van der Waals surface area contributed by atoms with E-state index >= 15 is 0 Å². The minimum Gasteiger partial charge on any atom is -0.494 e. The number of ether oxygens (including phenoxy) is 2. The van der Waals surface area contributed by atoms with Gasteiger partial charge in [0, 0.05) is 17.5 Å². The summed E-state index contributed by atoms with van der Waals surface area (Å²) in [5.41, 5.74) is -0.365. The third-order valence-electron chi connectivity index (χ3n) is 3.60. The second-order valence-corrected chi connectivity index (χ2v) is 5.94. The van der Waals surface area contributed by atoms with Gasteiger partial charge in [-0.25, -0.2) is 0 Å². The summed E-state index contributed by atoms with van der Waals surface area (Å²) in [5, 5.41) is 9.34. The van der Waals surface area contributed by atoms with Crippen molar-refractivity contribution in [1.82, 2.24) is 0 Å². The van der Waals surface area contributed by atoms with Gasteiger partial charge in [-0.2, -0.15) is 8.78 Å². The maximum atomic E-state index is 14.6. The van der Waals surface area contributed by atoms with E-state index in [4.69, 9.17) is 21.1 Å². The zero-order valence-corrected chi connectivity index (χ0v) is 14.8. The molecule has 0 aliphatic carbocycles. The second kappa shape index (κ2) is 9.69. The number of aliphatic hydroxyl groups is 1. The Morgan fingerprint density at radius 1 is 0.923 bits per heavy atom. The molecule has 2 aromatic rings. The quantitative estimate of drug-likeness (QED) is 0.480. The smallest absolute Gasteiger partial charge is 0.298 e. The van der Waals surface area contributed by atoms with E-state index in [-0.39, 0.29) is 36.6 Å². The number of rotatable bonds is 10. The van der Waals surface area contributed by atoms with Crippen molar-refractivity contribution in [2.75, 3.05) is 25.8 Å². The van der Waals surface area contributed by atoms with Crippen LogP contribution in [0, 0.1) is 0 Å². The van der Waals surface area contributed by atoms with E-state index in [1.165, 1.54) is 48.5 Å². The Labute approximate surface area is 155 Å². The number of halogens is 4. The first-order valence-electron chi connectivity index (χ1n) is 8.12. The van der Waals surface area contributed by atoms with Gasteiger partial charge < -0.3 is 14.6 Å². The molecule has 0 bridgehead atoms. The molecule has 1 atom stereocenters. The zero-order valence-electron chi connectivity index (χ0n) is 14.0. The molecule has 142 valence electrons. The van der Waals surface area contributed by atoms with E-state index < -0.39 is 18.7 Å². The Balaban J connectivity index is 2.04. The highest BCUT2D eigenvalue weighted by Crippen LogP contribution is 2.37. The van der Waals surface area contributed by atoms with Crippen LogP contribution in [0.5, 0.6) is 11.5 Å². The topological polar surface area (TPSA) is 38.7 Å². The third-order valence-corrected chi connectivity index (χ3v) is 3.96. The molecule has 7 heteroatoms. The van der Waals surface area contributed by atoms with Crippen LogP contribution in [0.4, 0.5) is 13.2 Å². The lowest BCUT2D eigenvalue weighted by atomic mass is 10.0. The first kappa shape index (κ1) is 20.4. The van der Waals surface area contributed by atoms with Gasteiger partial charge in [-0.05, 0) is 48.5 Å². The van der Waals surface area contributed by atoms with E-state index in [1.807, 2.05) is 0 Å². The van der Waals surface area contributed by atoms with Crippen molar-refractivity contribution in [1.29, 1.82) is 0 Å². The van der Waals surface area contributed by atoms with Crippen LogP contribution in [0.1, 0.15) is 17.5 Å². The highest BCUT2D eigenvalue weighted by Gasteiger charge is 2.33. The number of alkyl halides is 4. The average Bonchev–Trinajstić information content (AvgIpc) is 2.67. The molecular weight excluding hydrogens is 368 g/mol. The highest BCUT2D eigenvalue weighted by atomic mass is 35.5. The van der Waals surface area contributed by atoms with E-state index in [0.717, 1.165) is 0 Å². The van der Waals surface area contributed by atoms with Crippen LogP contribution < -0.4 is 9.47 Å². The molecule has 0 spiro atoms. The normalized spacial score (nSPS) is 12.7. The monoisotopic (exact) mass is 387 g/mol. The molecule has 0 saturated heterocycles. The fourth-order valence-corrected chi connectivity index (χ4v) is 2.26. The first-order valence-corrected chi connectivity index (χ1v) is 8.65. The lowest BCUT2D eigenvalue weighted by Crippen LogP contribution is -2.19. The minimum absolute atomic E-state index is 0.0108. The molecule has 2 aromatic carbocycles. The fourth-order valence-electron chi connectivity index (χ4n) is 2.17. The molecule has 0 aromatic heterocycles. The van der Waals surface area contributed by atoms with Gasteiger partial charge in [-0.1, -0.05) is 0 Å². The first-order chi connectivity index (χ1) is 12.5. The fraction of sp³-hybridized carbons (Fsp3) is 0.368. The molecule has 1 N–H and O–H groups in total. The van der Waals surface area contributed by atoms with E-state index in [1.54, 1.807) is 0 Å². The SMILES string of the molecule is OC(CCl)COc1ccc(C(F)(F)c2ccc(OCCC[18F])cc2)cc1. The highest BCUT2D eigenvalue weighted by molar-refractivity contribution is 6.18. The summed E-state index contributed by atoms with van der Waals surface area (Å²) in [5.74, 6) is -2.38. The summed E-state index contributed by atoms with van der Waals surface area (Å²) in [6.07, 6.45) is -0.558. The molecule has 26 heavy (non-hydrogen) atoms. The molecule has 0 aliphatic heterocycles. The molecule has 2 rings (SSSR count). The lowest BCUT2D eigenvalue weighted by molar-refractivity contribution is 0.0427. The maximum absolute atomic E-state index is 14.6. The minimum atomic E-state index is -3.19. The van der Waals surface area contributed by atoms with Crippen LogP contribution in [0.25, 0.3) is 0 Å². The molecular formula is C19H20ClF3O3. The Morgan fingerprint density at radius 2 is 1.42 bits per heavy atom. The van der Waals surface area contributed by atoms with Gasteiger partial charge in [0.15, 0.2) is 0 Å². The Bertz CT molecular complexity index is 663. The van der Waals surface area contributed by atoms with E-state index in [2.05, 4.69) is 0 Å². The summed E-state index contributed by atoms with van der Waals surface area (Å²) in [6, 6.07) is 10.8. The van der Waals surface area contributed by atoms with Crippen molar-refractivity contribution in [3.05, 3.63) is 59.7 Å². The molecule has 1 unspecified atom stereocenters. The van der Waals surface area contributed by atoms with Crippen LogP contribution in [0.2, 0.25) is 0 Å². The maximum Gasteiger partial charge on any atom is 0.298 e. The number of aliphatic hydroxyl groups excluding tert-OH is 1. The molecule has 0 saturated carbocycles. The van der Waals surface area contributed by atoms with Crippen LogP contribution in [-0.2, 0) is 5.92 Å². The average molecular weight is 388 g/mol. The molecule has 0 radical (unpaired) electrons. The molecule has 0 fully saturated rings. The van der Waals surface area contributed by atoms with Crippen molar-refractivity contribution >= 4 is 11.6 Å². The van der Waals surface area contributed by atoms with Gasteiger partial charge in [0.2, 0.25) is 0 Å². The van der Waals surface area contributed by atoms with Gasteiger partial charge in [0.05, 0.1) is 19.2 Å². The van der Waals surface area contributed by atoms with Crippen LogP contribution in [0.15, 0.2) is 48.5 Å². The Morgan fingerprint density at radius 3 is 1.88 bits per heavy atom. The summed E-state index contributed by atoms with van der Waals surface area (Å²) < 4.78 is 51.8. The summed E-state index contributed by atoms with van der Waals surface area (Å²) in [7, 11) is 0. The molecule has 0 heterocycles.